The molecule has 9 heteroatoms. The smallest absolute Gasteiger partial charge is 0.416 e. The van der Waals surface area contributed by atoms with Crippen molar-refractivity contribution in [3.05, 3.63) is 77.3 Å². The van der Waals surface area contributed by atoms with Gasteiger partial charge in [0.25, 0.3) is 5.68 Å². The van der Waals surface area contributed by atoms with E-state index >= 15 is 0 Å². The average Bonchev–Trinajstić information content (AvgIpc) is 3.27. The second-order valence-corrected chi connectivity index (χ2v) is 7.56. The summed E-state index contributed by atoms with van der Waals surface area (Å²) in [4.78, 5) is 7.79. The molecule has 4 aromatic rings. The number of imidazole rings is 1. The van der Waals surface area contributed by atoms with Crippen LogP contribution in [-0.4, -0.2) is 14.5 Å². The molecule has 0 unspecified atom stereocenters. The van der Waals surface area contributed by atoms with Gasteiger partial charge < -0.3 is 14.7 Å². The van der Waals surface area contributed by atoms with Gasteiger partial charge in [-0.1, -0.05) is 24.3 Å². The summed E-state index contributed by atoms with van der Waals surface area (Å²) in [5, 5.41) is 11.0. The quantitative estimate of drug-likeness (QED) is 0.436. The first-order valence-corrected chi connectivity index (χ1v) is 9.25. The minimum atomic E-state index is -4.40. The van der Waals surface area contributed by atoms with E-state index < -0.39 is 17.3 Å². The summed E-state index contributed by atoms with van der Waals surface area (Å²) in [6.07, 6.45) is -1.29. The largest absolute Gasteiger partial charge is 0.432 e. The van der Waals surface area contributed by atoms with Crippen LogP contribution in [0.5, 0.6) is 0 Å². The van der Waals surface area contributed by atoms with Crippen molar-refractivity contribution >= 4 is 17.0 Å². The van der Waals surface area contributed by atoms with Crippen LogP contribution in [0.25, 0.3) is 11.0 Å². The number of benzene rings is 2. The molecule has 0 aliphatic rings. The molecule has 2 aromatic heterocycles. The maximum atomic E-state index is 13.1. The van der Waals surface area contributed by atoms with Crippen molar-refractivity contribution in [2.75, 3.05) is 5.32 Å². The zero-order chi connectivity index (χ0) is 21.5. The van der Waals surface area contributed by atoms with Gasteiger partial charge in [0.1, 0.15) is 6.26 Å². The first kappa shape index (κ1) is 19.8. The Labute approximate surface area is 169 Å². The number of fused-ring (bicyclic) bond motifs is 1. The molecule has 0 bridgehead atoms. The van der Waals surface area contributed by atoms with Crippen molar-refractivity contribution in [2.24, 2.45) is 0 Å². The predicted molar refractivity (Wildman–Crippen MR) is 106 cm³/mol. The summed E-state index contributed by atoms with van der Waals surface area (Å²) < 4.78 is 45.9. The molecule has 2 aromatic carbocycles. The molecule has 0 amide bonds. The average molecular weight is 415 g/mol. The molecule has 0 saturated carbocycles. The number of nitrogens with one attached hydrogen (secondary N) is 3. The first-order chi connectivity index (χ1) is 14.1. The number of hydrogen-bond donors (Lipinski definition) is 3. The Bertz CT molecular complexity index is 1250. The third kappa shape index (κ3) is 3.83. The third-order valence-corrected chi connectivity index (χ3v) is 4.96. The lowest BCUT2D eigenvalue weighted by Gasteiger charge is -2.27. The van der Waals surface area contributed by atoms with Crippen LogP contribution >= 0.6 is 0 Å². The van der Waals surface area contributed by atoms with Crippen LogP contribution in [0.3, 0.4) is 0 Å². The van der Waals surface area contributed by atoms with Crippen LogP contribution in [0.1, 0.15) is 30.5 Å². The summed E-state index contributed by atoms with van der Waals surface area (Å²) in [5.74, 6) is 0.447. The standard InChI is InChI=1S/C21H20F3N5O/c1-20(2,14-6-4-7-15(11-14)21(22,23)24)28-19-26-16-8-3-5-13(17(16)27-19)12-29-9-10-30-18(29)25/h3-11,25H,12H2,1-2H3,(H2,26,27,28). The number of oxazole rings is 1. The Kier molecular flexibility index (Phi) is 4.68. The van der Waals surface area contributed by atoms with Gasteiger partial charge in [0.15, 0.2) is 0 Å². The lowest BCUT2D eigenvalue weighted by molar-refractivity contribution is -0.137. The molecule has 0 atom stereocenters. The van der Waals surface area contributed by atoms with Crippen LogP contribution in [0.4, 0.5) is 19.1 Å². The van der Waals surface area contributed by atoms with Crippen molar-refractivity contribution in [3.63, 3.8) is 0 Å². The van der Waals surface area contributed by atoms with Crippen LogP contribution in [0.2, 0.25) is 0 Å². The molecule has 0 aliphatic heterocycles. The van der Waals surface area contributed by atoms with Gasteiger partial charge in [0, 0.05) is 6.20 Å². The number of nitrogens with zero attached hydrogens (tertiary/aromatic N) is 2. The summed E-state index contributed by atoms with van der Waals surface area (Å²) in [6.45, 7) is 4.00. The highest BCUT2D eigenvalue weighted by Crippen LogP contribution is 2.33. The predicted octanol–water partition coefficient (Wildman–Crippen LogP) is 4.85. The Hall–Kier alpha value is -3.49. The lowest BCUT2D eigenvalue weighted by atomic mass is 9.93. The summed E-state index contributed by atoms with van der Waals surface area (Å²) >= 11 is 0. The zero-order valence-corrected chi connectivity index (χ0v) is 16.3. The second-order valence-electron chi connectivity index (χ2n) is 7.56. The van der Waals surface area contributed by atoms with E-state index in [0.29, 0.717) is 23.6 Å². The van der Waals surface area contributed by atoms with Crippen molar-refractivity contribution < 1.29 is 17.6 Å². The molecular formula is C21H20F3N5O. The Morgan fingerprint density at radius 3 is 2.57 bits per heavy atom. The van der Waals surface area contributed by atoms with Gasteiger partial charge >= 0.3 is 6.18 Å². The fraction of sp³-hybridized carbons (Fsp3) is 0.238. The summed E-state index contributed by atoms with van der Waals surface area (Å²) in [5.41, 5.74) is 1.41. The minimum Gasteiger partial charge on any atom is -0.432 e. The fourth-order valence-electron chi connectivity index (χ4n) is 3.34. The number of H-pyrrole nitrogens is 1. The van der Waals surface area contributed by atoms with Crippen molar-refractivity contribution in [3.8, 4) is 0 Å². The number of alkyl halides is 3. The lowest BCUT2D eigenvalue weighted by Crippen LogP contribution is -2.29. The fourth-order valence-corrected chi connectivity index (χ4v) is 3.34. The number of hydrogen-bond acceptors (Lipinski definition) is 4. The number of rotatable bonds is 5. The van der Waals surface area contributed by atoms with E-state index in [1.165, 1.54) is 12.3 Å². The normalized spacial score (nSPS) is 12.4. The molecule has 156 valence electrons. The number of anilines is 1. The van der Waals surface area contributed by atoms with E-state index in [1.54, 1.807) is 30.7 Å². The molecule has 4 rings (SSSR count). The monoisotopic (exact) mass is 415 g/mol. The Morgan fingerprint density at radius 1 is 1.13 bits per heavy atom. The topological polar surface area (TPSA) is 82.6 Å². The molecule has 6 nitrogen and oxygen atoms in total. The van der Waals surface area contributed by atoms with Crippen molar-refractivity contribution in [2.45, 2.75) is 32.1 Å². The van der Waals surface area contributed by atoms with Gasteiger partial charge in [-0.15, -0.1) is 0 Å². The molecule has 0 saturated heterocycles. The highest BCUT2D eigenvalue weighted by atomic mass is 19.4. The van der Waals surface area contributed by atoms with E-state index in [-0.39, 0.29) is 5.68 Å². The highest BCUT2D eigenvalue weighted by Gasteiger charge is 2.32. The molecule has 2 heterocycles. The summed E-state index contributed by atoms with van der Waals surface area (Å²) in [6, 6.07) is 10.9. The van der Waals surface area contributed by atoms with Crippen molar-refractivity contribution in [1.82, 2.24) is 14.5 Å². The van der Waals surface area contributed by atoms with Gasteiger partial charge in [0.2, 0.25) is 5.95 Å². The zero-order valence-electron chi connectivity index (χ0n) is 16.3. The number of para-hydroxylation sites is 1. The number of aromatic nitrogens is 3. The maximum Gasteiger partial charge on any atom is 0.416 e. The Balaban J connectivity index is 1.65. The van der Waals surface area contributed by atoms with Gasteiger partial charge in [-0.3, -0.25) is 9.98 Å². The molecule has 0 spiro atoms. The van der Waals surface area contributed by atoms with Crippen LogP contribution in [-0.2, 0) is 18.3 Å². The minimum absolute atomic E-state index is 0.0339. The molecule has 0 fully saturated rings. The van der Waals surface area contributed by atoms with Gasteiger partial charge in [0.05, 0.1) is 28.7 Å². The van der Waals surface area contributed by atoms with E-state index in [4.69, 9.17) is 9.83 Å². The Morgan fingerprint density at radius 2 is 1.87 bits per heavy atom. The van der Waals surface area contributed by atoms with Gasteiger partial charge in [-0.05, 0) is 43.2 Å². The second kappa shape index (κ2) is 7.08. The van der Waals surface area contributed by atoms with Gasteiger partial charge in [-0.25, -0.2) is 4.98 Å². The molecule has 30 heavy (non-hydrogen) atoms. The maximum absolute atomic E-state index is 13.1. The SMILES string of the molecule is CC(C)(Nc1nc2c(Cn3ccoc3=N)cccc2[nH]1)c1cccc(C(F)(F)F)c1. The van der Waals surface area contributed by atoms with E-state index in [0.717, 1.165) is 23.2 Å². The van der Waals surface area contributed by atoms with E-state index in [9.17, 15) is 13.2 Å². The van der Waals surface area contributed by atoms with Crippen LogP contribution in [0, 0.1) is 5.41 Å². The van der Waals surface area contributed by atoms with Crippen molar-refractivity contribution in [1.29, 1.82) is 5.41 Å². The van der Waals surface area contributed by atoms with E-state index in [2.05, 4.69) is 15.3 Å². The molecular weight excluding hydrogens is 395 g/mol. The molecule has 0 radical (unpaired) electrons. The third-order valence-electron chi connectivity index (χ3n) is 4.96. The molecule has 0 aliphatic carbocycles. The molecule has 3 N–H and O–H groups in total. The van der Waals surface area contributed by atoms with Gasteiger partial charge in [-0.2, -0.15) is 13.2 Å². The number of aromatic amines is 1. The first-order valence-electron chi connectivity index (χ1n) is 9.25. The summed E-state index contributed by atoms with van der Waals surface area (Å²) in [7, 11) is 0. The number of halogens is 3. The highest BCUT2D eigenvalue weighted by molar-refractivity contribution is 5.81. The van der Waals surface area contributed by atoms with Crippen LogP contribution < -0.4 is 11.0 Å². The van der Waals surface area contributed by atoms with Crippen LogP contribution in [0.15, 0.2) is 59.3 Å². The van der Waals surface area contributed by atoms with E-state index in [1.807, 2.05) is 18.2 Å².